The molecule has 1 N–H and O–H groups in total. The fourth-order valence-corrected chi connectivity index (χ4v) is 5.60. The molecule has 13 heteroatoms. The number of ether oxygens (including phenoxy) is 2. The second-order valence-electron chi connectivity index (χ2n) is 8.27. The molecule has 0 unspecified atom stereocenters. The lowest BCUT2D eigenvalue weighted by Crippen LogP contribution is -2.40. The highest BCUT2D eigenvalue weighted by Gasteiger charge is 2.28. The zero-order chi connectivity index (χ0) is 24.6. The maximum Gasteiger partial charge on any atom is 0.336 e. The van der Waals surface area contributed by atoms with E-state index in [2.05, 4.69) is 15.2 Å². The lowest BCUT2D eigenvalue weighted by Gasteiger charge is -2.26. The van der Waals surface area contributed by atoms with Gasteiger partial charge < -0.3 is 14.5 Å². The first-order valence-electron chi connectivity index (χ1n) is 11.6. The molecule has 0 saturated carbocycles. The van der Waals surface area contributed by atoms with Crippen LogP contribution in [0.5, 0.6) is 5.75 Å². The van der Waals surface area contributed by atoms with Crippen LogP contribution in [0, 0.1) is 0 Å². The molecule has 1 saturated heterocycles. The molecule has 0 atom stereocenters. The molecular formula is C22H27N7O5S. The number of hydrogen-bond acceptors (Lipinski definition) is 8. The van der Waals surface area contributed by atoms with E-state index in [9.17, 15) is 13.2 Å². The molecule has 0 radical (unpaired) electrons. The van der Waals surface area contributed by atoms with Gasteiger partial charge in [-0.25, -0.2) is 22.6 Å². The van der Waals surface area contributed by atoms with Gasteiger partial charge in [-0.1, -0.05) is 13.8 Å². The van der Waals surface area contributed by atoms with Gasteiger partial charge in [0.05, 0.1) is 30.3 Å². The van der Waals surface area contributed by atoms with Gasteiger partial charge in [0.15, 0.2) is 11.3 Å². The zero-order valence-corrected chi connectivity index (χ0v) is 20.4. The van der Waals surface area contributed by atoms with Gasteiger partial charge in [-0.15, -0.1) is 10.2 Å². The zero-order valence-electron chi connectivity index (χ0n) is 19.6. The minimum Gasteiger partial charge on any atom is -0.493 e. The highest BCUT2D eigenvalue weighted by Crippen LogP contribution is 2.33. The number of fused-ring (bicyclic) bond motifs is 3. The molecule has 1 fully saturated rings. The second-order valence-corrected chi connectivity index (χ2v) is 10.2. The van der Waals surface area contributed by atoms with Crippen molar-refractivity contribution in [2.75, 3.05) is 32.9 Å². The number of H-pyrrole nitrogens is 1. The summed E-state index contributed by atoms with van der Waals surface area (Å²) in [7, 11) is -3.73. The van der Waals surface area contributed by atoms with Crippen molar-refractivity contribution >= 4 is 26.8 Å². The van der Waals surface area contributed by atoms with Crippen LogP contribution >= 0.6 is 0 Å². The van der Waals surface area contributed by atoms with E-state index in [0.717, 1.165) is 12.8 Å². The Morgan fingerprint density at radius 2 is 1.94 bits per heavy atom. The predicted molar refractivity (Wildman–Crippen MR) is 128 cm³/mol. The molecule has 1 aliphatic heterocycles. The van der Waals surface area contributed by atoms with Crippen molar-refractivity contribution < 1.29 is 17.9 Å². The monoisotopic (exact) mass is 501 g/mol. The van der Waals surface area contributed by atoms with Crippen molar-refractivity contribution in [1.29, 1.82) is 0 Å². The first-order valence-corrected chi connectivity index (χ1v) is 13.1. The molecule has 35 heavy (non-hydrogen) atoms. The van der Waals surface area contributed by atoms with Crippen molar-refractivity contribution in [3.05, 3.63) is 35.0 Å². The van der Waals surface area contributed by atoms with Crippen LogP contribution in [0.25, 0.3) is 28.2 Å². The summed E-state index contributed by atoms with van der Waals surface area (Å²) < 4.78 is 42.2. The molecule has 4 heterocycles. The largest absolute Gasteiger partial charge is 0.493 e. The average Bonchev–Trinajstić information content (AvgIpc) is 3.53. The van der Waals surface area contributed by atoms with Crippen molar-refractivity contribution in [2.24, 2.45) is 0 Å². The van der Waals surface area contributed by atoms with Gasteiger partial charge in [-0.3, -0.25) is 4.57 Å². The summed E-state index contributed by atoms with van der Waals surface area (Å²) in [6.07, 6.45) is 2.88. The topological polar surface area (TPSA) is 137 Å². The van der Waals surface area contributed by atoms with E-state index in [0.29, 0.717) is 73.4 Å². The highest BCUT2D eigenvalue weighted by atomic mass is 32.2. The molecule has 0 bridgehead atoms. The smallest absolute Gasteiger partial charge is 0.336 e. The molecule has 1 aromatic carbocycles. The van der Waals surface area contributed by atoms with Crippen molar-refractivity contribution in [3.63, 3.8) is 0 Å². The Bertz CT molecular complexity index is 1530. The number of nitrogens with one attached hydrogen (secondary N) is 1. The van der Waals surface area contributed by atoms with Crippen LogP contribution in [0.15, 0.2) is 34.2 Å². The van der Waals surface area contributed by atoms with Gasteiger partial charge >= 0.3 is 5.69 Å². The summed E-state index contributed by atoms with van der Waals surface area (Å²) >= 11 is 0. The van der Waals surface area contributed by atoms with Crippen LogP contribution in [0.1, 0.15) is 26.7 Å². The second kappa shape index (κ2) is 9.40. The van der Waals surface area contributed by atoms with Gasteiger partial charge in [0.25, 0.3) is 0 Å². The van der Waals surface area contributed by atoms with E-state index >= 15 is 0 Å². The first-order chi connectivity index (χ1) is 17.0. The fraction of sp³-hybridized carbons (Fsp3) is 0.455. The quantitative estimate of drug-likeness (QED) is 0.385. The SMILES string of the molecule is CCCOc1ccc(S(=O)(=O)N2CCOCC2)cc1-c1nc2c([nH]1)c1nncn1c(=O)n2CCC. The number of aryl methyl sites for hydroxylation is 1. The number of nitrogens with zero attached hydrogens (tertiary/aromatic N) is 6. The molecule has 1 aliphatic rings. The summed E-state index contributed by atoms with van der Waals surface area (Å²) in [6, 6.07) is 4.76. The van der Waals surface area contributed by atoms with E-state index in [-0.39, 0.29) is 10.6 Å². The Kier molecular flexibility index (Phi) is 6.30. The fourth-order valence-electron chi connectivity index (χ4n) is 4.16. The molecule has 186 valence electrons. The number of morpholine rings is 1. The van der Waals surface area contributed by atoms with E-state index in [4.69, 9.17) is 14.5 Å². The molecule has 0 aliphatic carbocycles. The average molecular weight is 502 g/mol. The van der Waals surface area contributed by atoms with Crippen molar-refractivity contribution in [1.82, 2.24) is 33.4 Å². The summed E-state index contributed by atoms with van der Waals surface area (Å²) in [6.45, 7) is 6.18. The molecule has 4 aromatic rings. The van der Waals surface area contributed by atoms with Gasteiger partial charge in [-0.05, 0) is 31.0 Å². The number of rotatable bonds is 8. The van der Waals surface area contributed by atoms with Crippen LogP contribution in [-0.4, -0.2) is 74.8 Å². The molecular weight excluding hydrogens is 474 g/mol. The summed E-state index contributed by atoms with van der Waals surface area (Å²) in [5.41, 5.74) is 1.51. The van der Waals surface area contributed by atoms with Crippen LogP contribution in [0.2, 0.25) is 0 Å². The Labute approximate surface area is 201 Å². The Balaban J connectivity index is 1.70. The van der Waals surface area contributed by atoms with Crippen LogP contribution in [0.3, 0.4) is 0 Å². The normalized spacial score (nSPS) is 15.3. The van der Waals surface area contributed by atoms with Crippen molar-refractivity contribution in [3.8, 4) is 17.1 Å². The van der Waals surface area contributed by atoms with E-state index in [1.807, 2.05) is 13.8 Å². The Morgan fingerprint density at radius 1 is 1.14 bits per heavy atom. The van der Waals surface area contributed by atoms with Gasteiger partial charge in [-0.2, -0.15) is 4.31 Å². The number of aromatic nitrogens is 6. The minimum atomic E-state index is -3.73. The predicted octanol–water partition coefficient (Wildman–Crippen LogP) is 1.65. The summed E-state index contributed by atoms with van der Waals surface area (Å²) in [5.74, 6) is 0.874. The van der Waals surface area contributed by atoms with E-state index in [1.165, 1.54) is 15.0 Å². The van der Waals surface area contributed by atoms with Crippen LogP contribution in [-0.2, 0) is 21.3 Å². The number of imidazole rings is 1. The van der Waals surface area contributed by atoms with Crippen LogP contribution < -0.4 is 10.4 Å². The molecule has 3 aromatic heterocycles. The lowest BCUT2D eigenvalue weighted by molar-refractivity contribution is 0.0730. The number of benzene rings is 1. The third-order valence-electron chi connectivity index (χ3n) is 5.87. The van der Waals surface area contributed by atoms with Crippen molar-refractivity contribution in [2.45, 2.75) is 38.1 Å². The summed E-state index contributed by atoms with van der Waals surface area (Å²) in [4.78, 5) is 21.1. The molecule has 0 amide bonds. The first kappa shape index (κ1) is 23.5. The van der Waals surface area contributed by atoms with E-state index in [1.54, 1.807) is 22.8 Å². The lowest BCUT2D eigenvalue weighted by atomic mass is 10.2. The molecule has 0 spiro atoms. The van der Waals surface area contributed by atoms with Crippen LogP contribution in [0.4, 0.5) is 0 Å². The molecule has 5 rings (SSSR count). The summed E-state index contributed by atoms with van der Waals surface area (Å²) in [5, 5.41) is 7.97. The maximum atomic E-state index is 13.3. The minimum absolute atomic E-state index is 0.136. The Hall–Kier alpha value is -3.29. The van der Waals surface area contributed by atoms with Gasteiger partial charge in [0, 0.05) is 19.6 Å². The number of aromatic amines is 1. The number of sulfonamides is 1. The van der Waals surface area contributed by atoms with E-state index < -0.39 is 10.0 Å². The molecule has 12 nitrogen and oxygen atoms in total. The third kappa shape index (κ3) is 4.09. The number of hydrogen-bond donors (Lipinski definition) is 1. The maximum absolute atomic E-state index is 13.3. The van der Waals surface area contributed by atoms with Gasteiger partial charge in [0.1, 0.15) is 23.4 Å². The van der Waals surface area contributed by atoms with Gasteiger partial charge in [0.2, 0.25) is 10.0 Å². The standard InChI is InChI=1S/C22H27N7O5S/c1-3-7-28-20-18(21-26-23-14-29(21)22(28)30)24-19(25-20)16-13-15(5-6-17(16)34-10-4-2)35(31,32)27-8-11-33-12-9-27/h5-6,13-14H,3-4,7-12H2,1-2H3,(H,24,25). The highest BCUT2D eigenvalue weighted by molar-refractivity contribution is 7.89. The third-order valence-corrected chi connectivity index (χ3v) is 7.77. The Morgan fingerprint density at radius 3 is 2.69 bits per heavy atom.